The monoisotopic (exact) mass is 450 g/mol. The number of nitrogens with zero attached hydrogens (tertiary/aromatic N) is 6. The molecule has 168 valence electrons. The van der Waals surface area contributed by atoms with Gasteiger partial charge in [-0.25, -0.2) is 19.5 Å². The summed E-state index contributed by atoms with van der Waals surface area (Å²) in [5, 5.41) is 4.76. The van der Waals surface area contributed by atoms with Crippen LogP contribution < -0.4 is 4.74 Å². The molecular formula is C23H20F2N6O2. The Kier molecular flexibility index (Phi) is 5.29. The zero-order chi connectivity index (χ0) is 23.1. The third-order valence-electron chi connectivity index (χ3n) is 5.94. The highest BCUT2D eigenvalue weighted by atomic mass is 19.3. The minimum absolute atomic E-state index is 0.0167. The van der Waals surface area contributed by atoms with Gasteiger partial charge in [-0.2, -0.15) is 13.9 Å². The fraction of sp³-hybridized carbons (Fsp3) is 0.261. The van der Waals surface area contributed by atoms with Crippen molar-refractivity contribution < 1.29 is 18.3 Å². The number of ether oxygens (including phenoxy) is 1. The second-order valence-corrected chi connectivity index (χ2v) is 8.03. The first-order valence-electron chi connectivity index (χ1n) is 10.3. The number of rotatable bonds is 6. The van der Waals surface area contributed by atoms with Crippen molar-refractivity contribution in [3.63, 3.8) is 0 Å². The van der Waals surface area contributed by atoms with Gasteiger partial charge in [-0.3, -0.25) is 4.79 Å². The molecule has 0 saturated carbocycles. The highest BCUT2D eigenvalue weighted by molar-refractivity contribution is 5.80. The maximum absolute atomic E-state index is 13.2. The fourth-order valence-corrected chi connectivity index (χ4v) is 4.54. The zero-order valence-corrected chi connectivity index (χ0v) is 17.9. The minimum atomic E-state index is -3.01. The van der Waals surface area contributed by atoms with Crippen LogP contribution >= 0.6 is 0 Å². The highest BCUT2D eigenvalue weighted by Crippen LogP contribution is 2.50. The first-order chi connectivity index (χ1) is 16.0. The molecule has 0 aliphatic heterocycles. The predicted octanol–water partition coefficient (Wildman–Crippen LogP) is 3.74. The number of halogens is 2. The second-order valence-electron chi connectivity index (χ2n) is 8.03. The molecule has 3 heterocycles. The number of aromatic nitrogens is 5. The molecule has 1 aromatic carbocycles. The molecule has 4 aromatic rings. The summed E-state index contributed by atoms with van der Waals surface area (Å²) in [6.45, 7) is -3.01. The third kappa shape index (κ3) is 3.62. The lowest BCUT2D eigenvalue weighted by Gasteiger charge is -2.22. The van der Waals surface area contributed by atoms with Crippen LogP contribution in [-0.4, -0.2) is 56.5 Å². The summed E-state index contributed by atoms with van der Waals surface area (Å²) in [5.74, 6) is -0.424. The van der Waals surface area contributed by atoms with Crippen LogP contribution in [0.5, 0.6) is 5.75 Å². The van der Waals surface area contributed by atoms with E-state index < -0.39 is 12.5 Å². The zero-order valence-electron chi connectivity index (χ0n) is 17.9. The molecule has 5 rings (SSSR count). The Morgan fingerprint density at radius 3 is 2.67 bits per heavy atom. The van der Waals surface area contributed by atoms with E-state index in [-0.39, 0.29) is 11.8 Å². The van der Waals surface area contributed by atoms with E-state index in [2.05, 4.69) is 9.97 Å². The van der Waals surface area contributed by atoms with E-state index in [0.29, 0.717) is 35.2 Å². The van der Waals surface area contributed by atoms with Gasteiger partial charge in [0, 0.05) is 46.8 Å². The standard InChI is InChI=1S/C23H20F2N6O2/c1-30(2)17-8-15(19-13(11-32)4-3-5-18(19)33-23(24)25)20-21(17)29-31-7-6-16(28-22(20)31)14-9-26-12-27-10-14/h3-7,9-12,15,17,23H,8H2,1-2H3. The van der Waals surface area contributed by atoms with Crippen LogP contribution in [0.1, 0.15) is 45.6 Å². The summed E-state index contributed by atoms with van der Waals surface area (Å²) in [5.41, 5.74) is 4.29. The van der Waals surface area contributed by atoms with Crippen molar-refractivity contribution in [2.45, 2.75) is 25.0 Å². The van der Waals surface area contributed by atoms with Gasteiger partial charge in [0.05, 0.1) is 17.4 Å². The van der Waals surface area contributed by atoms with Crippen molar-refractivity contribution in [1.29, 1.82) is 0 Å². The molecule has 0 N–H and O–H groups in total. The number of alkyl halides is 2. The fourth-order valence-electron chi connectivity index (χ4n) is 4.54. The lowest BCUT2D eigenvalue weighted by atomic mass is 9.89. The van der Waals surface area contributed by atoms with E-state index in [0.717, 1.165) is 16.8 Å². The lowest BCUT2D eigenvalue weighted by Crippen LogP contribution is -2.19. The quantitative estimate of drug-likeness (QED) is 0.414. The molecule has 0 saturated heterocycles. The minimum Gasteiger partial charge on any atom is -0.434 e. The Labute approximate surface area is 187 Å². The van der Waals surface area contributed by atoms with Crippen molar-refractivity contribution >= 4 is 11.9 Å². The predicted molar refractivity (Wildman–Crippen MR) is 115 cm³/mol. The first kappa shape index (κ1) is 21.1. The van der Waals surface area contributed by atoms with E-state index in [1.54, 1.807) is 29.2 Å². The SMILES string of the molecule is CN(C)C1CC(c2c(C=O)cccc2OC(F)F)c2c1nn1ccc(-c3cncnc3)nc21. The molecule has 10 heteroatoms. The van der Waals surface area contributed by atoms with Crippen molar-refractivity contribution in [1.82, 2.24) is 29.5 Å². The topological polar surface area (TPSA) is 85.5 Å². The van der Waals surface area contributed by atoms with Crippen LogP contribution in [0.15, 0.2) is 49.2 Å². The number of aldehydes is 1. The van der Waals surface area contributed by atoms with Gasteiger partial charge in [0.15, 0.2) is 5.65 Å². The van der Waals surface area contributed by atoms with Gasteiger partial charge in [-0.15, -0.1) is 0 Å². The smallest absolute Gasteiger partial charge is 0.387 e. The summed E-state index contributed by atoms with van der Waals surface area (Å²) in [7, 11) is 3.87. The maximum Gasteiger partial charge on any atom is 0.387 e. The van der Waals surface area contributed by atoms with E-state index in [1.807, 2.05) is 25.1 Å². The van der Waals surface area contributed by atoms with E-state index in [9.17, 15) is 13.6 Å². The molecule has 33 heavy (non-hydrogen) atoms. The number of carbonyl (C=O) groups excluding carboxylic acids is 1. The van der Waals surface area contributed by atoms with Gasteiger partial charge in [0.1, 0.15) is 18.4 Å². The van der Waals surface area contributed by atoms with Crippen LogP contribution in [0.2, 0.25) is 0 Å². The summed E-state index contributed by atoms with van der Waals surface area (Å²) < 4.78 is 32.9. The Morgan fingerprint density at radius 2 is 1.97 bits per heavy atom. The molecule has 0 bridgehead atoms. The number of hydrogen-bond acceptors (Lipinski definition) is 7. The number of carbonyl (C=O) groups is 1. The van der Waals surface area contributed by atoms with E-state index in [1.165, 1.54) is 18.5 Å². The summed E-state index contributed by atoms with van der Waals surface area (Å²) >= 11 is 0. The summed E-state index contributed by atoms with van der Waals surface area (Å²) in [4.78, 5) is 26.8. The molecule has 0 fully saturated rings. The Hall–Kier alpha value is -3.79. The molecule has 3 aromatic heterocycles. The van der Waals surface area contributed by atoms with Gasteiger partial charge in [-0.1, -0.05) is 12.1 Å². The highest BCUT2D eigenvalue weighted by Gasteiger charge is 2.40. The first-order valence-corrected chi connectivity index (χ1v) is 10.3. The second kappa shape index (κ2) is 8.28. The van der Waals surface area contributed by atoms with Crippen molar-refractivity contribution in [2.75, 3.05) is 14.1 Å². The molecule has 0 spiro atoms. The summed E-state index contributed by atoms with van der Waals surface area (Å²) in [6, 6.07) is 6.33. The average Bonchev–Trinajstić information content (AvgIpc) is 3.36. The molecule has 0 amide bonds. The lowest BCUT2D eigenvalue weighted by molar-refractivity contribution is -0.0506. The van der Waals surface area contributed by atoms with E-state index >= 15 is 0 Å². The Bertz CT molecular complexity index is 1330. The maximum atomic E-state index is 13.2. The average molecular weight is 450 g/mol. The normalized spacial score (nSPS) is 17.6. The molecular weight excluding hydrogens is 430 g/mol. The van der Waals surface area contributed by atoms with Crippen LogP contribution in [0, 0.1) is 0 Å². The third-order valence-corrected chi connectivity index (χ3v) is 5.94. The molecule has 2 unspecified atom stereocenters. The van der Waals surface area contributed by atoms with Crippen molar-refractivity contribution in [2.24, 2.45) is 0 Å². The van der Waals surface area contributed by atoms with E-state index in [4.69, 9.17) is 14.8 Å². The molecule has 8 nitrogen and oxygen atoms in total. The van der Waals surface area contributed by atoms with Crippen molar-refractivity contribution in [3.8, 4) is 17.0 Å². The van der Waals surface area contributed by atoms with Crippen molar-refractivity contribution in [3.05, 3.63) is 71.6 Å². The van der Waals surface area contributed by atoms with Gasteiger partial charge in [0.2, 0.25) is 0 Å². The van der Waals surface area contributed by atoms with Crippen LogP contribution in [0.25, 0.3) is 16.9 Å². The van der Waals surface area contributed by atoms with Gasteiger partial charge >= 0.3 is 6.61 Å². The van der Waals surface area contributed by atoms with Crippen LogP contribution in [0.4, 0.5) is 8.78 Å². The number of hydrogen-bond donors (Lipinski definition) is 0. The Morgan fingerprint density at radius 1 is 1.18 bits per heavy atom. The van der Waals surface area contributed by atoms with Gasteiger partial charge in [-0.05, 0) is 32.6 Å². The number of fused-ring (bicyclic) bond motifs is 3. The molecule has 0 radical (unpaired) electrons. The number of benzene rings is 1. The van der Waals surface area contributed by atoms with Crippen LogP contribution in [0.3, 0.4) is 0 Å². The molecule has 1 aliphatic carbocycles. The largest absolute Gasteiger partial charge is 0.434 e. The van der Waals surface area contributed by atoms with Crippen LogP contribution in [-0.2, 0) is 0 Å². The van der Waals surface area contributed by atoms with Gasteiger partial charge < -0.3 is 9.64 Å². The molecule has 2 atom stereocenters. The molecule has 1 aliphatic rings. The summed E-state index contributed by atoms with van der Waals surface area (Å²) in [6.07, 6.45) is 7.79. The Balaban J connectivity index is 1.74. The van der Waals surface area contributed by atoms with Gasteiger partial charge in [0.25, 0.3) is 0 Å².